The van der Waals surface area contributed by atoms with Crippen LogP contribution in [0.5, 0.6) is 5.75 Å². The van der Waals surface area contributed by atoms with Gasteiger partial charge in [0.05, 0.1) is 24.5 Å². The van der Waals surface area contributed by atoms with E-state index < -0.39 is 18.3 Å². The maximum absolute atomic E-state index is 5.90. The Kier molecular flexibility index (Phi) is 3.29. The molecule has 5 nitrogen and oxygen atoms in total. The number of aromatic nitrogens is 2. The molecule has 0 spiro atoms. The Hall–Kier alpha value is -0.845. The molecule has 7 heteroatoms. The second-order valence-corrected chi connectivity index (χ2v) is 5.52. The number of ether oxygens (including phenoxy) is 1. The monoisotopic (exact) mass is 270 g/mol. The van der Waals surface area contributed by atoms with Crippen LogP contribution >= 0.6 is 11.6 Å². The van der Waals surface area contributed by atoms with Crippen molar-refractivity contribution in [3.63, 3.8) is 0 Å². The molecular weight excluding hydrogens is 254 g/mol. The molecule has 2 heterocycles. The van der Waals surface area contributed by atoms with Crippen LogP contribution in [-0.4, -0.2) is 35.4 Å². The van der Waals surface area contributed by atoms with Crippen molar-refractivity contribution in [1.29, 1.82) is 0 Å². The third kappa shape index (κ3) is 2.20. The van der Waals surface area contributed by atoms with Crippen LogP contribution < -0.4 is 10.3 Å². The van der Waals surface area contributed by atoms with Gasteiger partial charge in [0, 0.05) is 0 Å². The van der Waals surface area contributed by atoms with Crippen LogP contribution in [-0.2, 0) is 9.31 Å². The summed E-state index contributed by atoms with van der Waals surface area (Å²) in [5.41, 5.74) is -0.351. The fraction of sp³-hybridized carbons (Fsp3) is 0.636. The SMILES string of the molecule is COc1cnc(Cl)nc1B1OC(C)(C)C(C)(C)O1. The van der Waals surface area contributed by atoms with Gasteiger partial charge in [-0.3, -0.25) is 0 Å². The van der Waals surface area contributed by atoms with Crippen molar-refractivity contribution in [3.05, 3.63) is 11.5 Å². The lowest BCUT2D eigenvalue weighted by atomic mass is 9.84. The highest BCUT2D eigenvalue weighted by atomic mass is 35.5. The van der Waals surface area contributed by atoms with Crippen LogP contribution in [0.2, 0.25) is 5.28 Å². The topological polar surface area (TPSA) is 53.5 Å². The summed E-state index contributed by atoms with van der Waals surface area (Å²) in [4.78, 5) is 8.01. The molecule has 0 bridgehead atoms. The molecule has 1 aromatic heterocycles. The van der Waals surface area contributed by atoms with Crippen LogP contribution in [0.3, 0.4) is 0 Å². The molecule has 18 heavy (non-hydrogen) atoms. The number of methoxy groups -OCH3 is 1. The van der Waals surface area contributed by atoms with E-state index >= 15 is 0 Å². The summed E-state index contributed by atoms with van der Waals surface area (Å²) in [5, 5.41) is 0.139. The number of nitrogens with zero attached hydrogens (tertiary/aromatic N) is 2. The van der Waals surface area contributed by atoms with Gasteiger partial charge in [-0.15, -0.1) is 0 Å². The zero-order chi connectivity index (χ0) is 13.6. The summed E-state index contributed by atoms with van der Waals surface area (Å²) in [6.07, 6.45) is 1.51. The Morgan fingerprint density at radius 1 is 1.22 bits per heavy atom. The largest absolute Gasteiger partial charge is 0.518 e. The van der Waals surface area contributed by atoms with Gasteiger partial charge in [0.25, 0.3) is 0 Å². The van der Waals surface area contributed by atoms with Crippen LogP contribution in [0.15, 0.2) is 6.20 Å². The first-order valence-electron chi connectivity index (χ1n) is 5.69. The molecule has 1 aromatic rings. The van der Waals surface area contributed by atoms with E-state index in [4.69, 9.17) is 25.6 Å². The first-order chi connectivity index (χ1) is 8.27. The molecule has 0 amide bonds. The van der Waals surface area contributed by atoms with E-state index in [9.17, 15) is 0 Å². The standard InChI is InChI=1S/C11H16BClN2O3/c1-10(2)11(3,4)18-12(17-10)8-7(16-5)6-14-9(13)15-8/h6H,1-5H3. The zero-order valence-corrected chi connectivity index (χ0v) is 11.9. The number of halogens is 1. The van der Waals surface area contributed by atoms with Gasteiger partial charge in [-0.2, -0.15) is 0 Å². The van der Waals surface area contributed by atoms with Gasteiger partial charge in [-0.1, -0.05) is 0 Å². The Labute approximate surface area is 112 Å². The minimum absolute atomic E-state index is 0.139. The first-order valence-corrected chi connectivity index (χ1v) is 6.07. The minimum atomic E-state index is -0.606. The van der Waals surface area contributed by atoms with Gasteiger partial charge < -0.3 is 14.0 Å². The highest BCUT2D eigenvalue weighted by Gasteiger charge is 2.53. The van der Waals surface area contributed by atoms with Crippen molar-refractivity contribution < 1.29 is 14.0 Å². The van der Waals surface area contributed by atoms with Crippen molar-refractivity contribution in [2.24, 2.45) is 0 Å². The molecule has 0 N–H and O–H groups in total. The van der Waals surface area contributed by atoms with Gasteiger partial charge >= 0.3 is 7.12 Å². The lowest BCUT2D eigenvalue weighted by Crippen LogP contribution is -2.41. The minimum Gasteiger partial charge on any atom is -0.494 e. The van der Waals surface area contributed by atoms with Gasteiger partial charge in [0.15, 0.2) is 5.75 Å². The Morgan fingerprint density at radius 2 is 1.78 bits per heavy atom. The molecule has 0 saturated carbocycles. The van der Waals surface area contributed by atoms with Gasteiger partial charge in [-0.05, 0) is 39.3 Å². The van der Waals surface area contributed by atoms with Crippen LogP contribution in [0.25, 0.3) is 0 Å². The first kappa shape index (κ1) is 13.6. The third-order valence-electron chi connectivity index (χ3n) is 3.45. The van der Waals surface area contributed by atoms with Crippen molar-refractivity contribution in [2.45, 2.75) is 38.9 Å². The second-order valence-electron chi connectivity index (χ2n) is 5.18. The zero-order valence-electron chi connectivity index (χ0n) is 11.2. The van der Waals surface area contributed by atoms with Gasteiger partial charge in [-0.25, -0.2) is 9.97 Å². The van der Waals surface area contributed by atoms with E-state index in [-0.39, 0.29) is 5.28 Å². The molecule has 0 aromatic carbocycles. The quantitative estimate of drug-likeness (QED) is 0.601. The summed E-state index contributed by atoms with van der Waals surface area (Å²) >= 11 is 5.81. The summed E-state index contributed by atoms with van der Waals surface area (Å²) in [5.74, 6) is 0.498. The molecule has 0 aliphatic carbocycles. The van der Waals surface area contributed by atoms with Crippen molar-refractivity contribution >= 4 is 24.3 Å². The molecule has 1 fully saturated rings. The second kappa shape index (κ2) is 4.37. The van der Waals surface area contributed by atoms with E-state index in [0.29, 0.717) is 11.3 Å². The van der Waals surface area contributed by atoms with Crippen LogP contribution in [0.1, 0.15) is 27.7 Å². The van der Waals surface area contributed by atoms with Crippen LogP contribution in [0, 0.1) is 0 Å². The molecule has 98 valence electrons. The van der Waals surface area contributed by atoms with Crippen molar-refractivity contribution in [1.82, 2.24) is 9.97 Å². The summed E-state index contributed by atoms with van der Waals surface area (Å²) in [6, 6.07) is 0. The molecule has 1 aliphatic rings. The van der Waals surface area contributed by atoms with E-state index in [2.05, 4.69) is 9.97 Å². The Morgan fingerprint density at radius 3 is 2.28 bits per heavy atom. The normalized spacial score (nSPS) is 21.1. The predicted molar refractivity (Wildman–Crippen MR) is 69.3 cm³/mol. The van der Waals surface area contributed by atoms with Crippen LogP contribution in [0.4, 0.5) is 0 Å². The lowest BCUT2D eigenvalue weighted by molar-refractivity contribution is 0.00578. The molecule has 1 aliphatic heterocycles. The Balaban J connectivity index is 2.37. The van der Waals surface area contributed by atoms with E-state index in [1.807, 2.05) is 27.7 Å². The summed E-state index contributed by atoms with van der Waals surface area (Å²) in [6.45, 7) is 7.90. The molecule has 0 atom stereocenters. The average Bonchev–Trinajstić information content (AvgIpc) is 2.48. The highest BCUT2D eigenvalue weighted by molar-refractivity contribution is 6.62. The number of hydrogen-bond donors (Lipinski definition) is 0. The maximum Gasteiger partial charge on any atom is 0.518 e. The fourth-order valence-electron chi connectivity index (χ4n) is 1.64. The highest BCUT2D eigenvalue weighted by Crippen LogP contribution is 2.36. The maximum atomic E-state index is 5.90. The Bertz CT molecular complexity index is 452. The summed E-state index contributed by atoms with van der Waals surface area (Å²) < 4.78 is 17.0. The number of hydrogen-bond acceptors (Lipinski definition) is 5. The van der Waals surface area contributed by atoms with Crippen molar-refractivity contribution in [2.75, 3.05) is 7.11 Å². The third-order valence-corrected chi connectivity index (χ3v) is 3.63. The summed E-state index contributed by atoms with van der Waals surface area (Å²) in [7, 11) is 0.937. The molecule has 2 rings (SSSR count). The fourth-order valence-corrected chi connectivity index (χ4v) is 1.78. The molecule has 1 saturated heterocycles. The molecule has 0 radical (unpaired) electrons. The number of rotatable bonds is 2. The van der Waals surface area contributed by atoms with E-state index in [1.165, 1.54) is 6.20 Å². The van der Waals surface area contributed by atoms with Gasteiger partial charge in [0.1, 0.15) is 5.59 Å². The smallest absolute Gasteiger partial charge is 0.494 e. The lowest BCUT2D eigenvalue weighted by Gasteiger charge is -2.32. The van der Waals surface area contributed by atoms with Gasteiger partial charge in [0.2, 0.25) is 5.28 Å². The predicted octanol–water partition coefficient (Wildman–Crippen LogP) is 1.44. The van der Waals surface area contributed by atoms with E-state index in [0.717, 1.165) is 0 Å². The molecule has 0 unspecified atom stereocenters. The van der Waals surface area contributed by atoms with Crippen molar-refractivity contribution in [3.8, 4) is 5.75 Å². The molecular formula is C11H16BClN2O3. The van der Waals surface area contributed by atoms with E-state index in [1.54, 1.807) is 7.11 Å². The average molecular weight is 271 g/mol.